The maximum absolute atomic E-state index is 12.9. The molecule has 2 aromatic carbocycles. The van der Waals surface area contributed by atoms with Crippen molar-refractivity contribution >= 4 is 17.8 Å². The summed E-state index contributed by atoms with van der Waals surface area (Å²) in [5.74, 6) is -0.153. The van der Waals surface area contributed by atoms with E-state index in [-0.39, 0.29) is 5.56 Å². The zero-order valence-electron chi connectivity index (χ0n) is 15.2. The number of carbonyl (C=O) groups is 3. The van der Waals surface area contributed by atoms with E-state index in [1.54, 1.807) is 43.3 Å². The third-order valence-electron chi connectivity index (χ3n) is 4.77. The lowest BCUT2D eigenvalue weighted by molar-refractivity contribution is -0.132. The first-order valence-electron chi connectivity index (χ1n) is 8.92. The van der Waals surface area contributed by atoms with E-state index < -0.39 is 23.4 Å². The Morgan fingerprint density at radius 1 is 1.07 bits per heavy atom. The number of imide groups is 1. The Hall–Kier alpha value is -3.55. The van der Waals surface area contributed by atoms with Crippen molar-refractivity contribution in [3.05, 3.63) is 59.7 Å². The van der Waals surface area contributed by atoms with Gasteiger partial charge in [-0.15, -0.1) is 0 Å². The molecular weight excluding hydrogens is 362 g/mol. The van der Waals surface area contributed by atoms with Gasteiger partial charge in [-0.1, -0.05) is 30.3 Å². The van der Waals surface area contributed by atoms with Crippen LogP contribution in [0.3, 0.4) is 0 Å². The van der Waals surface area contributed by atoms with Crippen LogP contribution in [-0.4, -0.2) is 36.1 Å². The van der Waals surface area contributed by atoms with Gasteiger partial charge >= 0.3 is 6.03 Å². The van der Waals surface area contributed by atoms with Gasteiger partial charge in [-0.25, -0.2) is 4.79 Å². The summed E-state index contributed by atoms with van der Waals surface area (Å²) < 4.78 is 11.1. The van der Waals surface area contributed by atoms with Crippen molar-refractivity contribution in [2.75, 3.05) is 13.2 Å². The zero-order chi connectivity index (χ0) is 19.7. The molecule has 8 nitrogen and oxygen atoms in total. The molecule has 4 amide bonds. The summed E-state index contributed by atoms with van der Waals surface area (Å²) in [6.45, 7) is 2.63. The topological polar surface area (TPSA) is 97.0 Å². The van der Waals surface area contributed by atoms with Crippen LogP contribution in [0.2, 0.25) is 0 Å². The molecule has 2 N–H and O–H groups in total. The summed E-state index contributed by atoms with van der Waals surface area (Å²) in [6.07, 6.45) is 0.747. The van der Waals surface area contributed by atoms with E-state index in [2.05, 4.69) is 10.7 Å². The fourth-order valence-corrected chi connectivity index (χ4v) is 3.18. The third kappa shape index (κ3) is 3.02. The quantitative estimate of drug-likeness (QED) is 0.793. The maximum atomic E-state index is 12.9. The second-order valence-electron chi connectivity index (χ2n) is 6.71. The van der Waals surface area contributed by atoms with Crippen LogP contribution in [0.4, 0.5) is 4.79 Å². The molecule has 8 heteroatoms. The second-order valence-corrected chi connectivity index (χ2v) is 6.71. The Balaban J connectivity index is 1.54. The number of carbonyl (C=O) groups excluding carboxylic acids is 3. The summed E-state index contributed by atoms with van der Waals surface area (Å²) in [5.41, 5.74) is 2.00. The van der Waals surface area contributed by atoms with Gasteiger partial charge in [0, 0.05) is 12.0 Å². The number of benzene rings is 2. The molecule has 0 saturated carbocycles. The Bertz CT molecular complexity index is 946. The molecule has 2 heterocycles. The molecular formula is C20H19N3O5. The summed E-state index contributed by atoms with van der Waals surface area (Å²) >= 11 is 0. The van der Waals surface area contributed by atoms with E-state index in [4.69, 9.17) is 9.47 Å². The van der Waals surface area contributed by atoms with Crippen LogP contribution in [0.25, 0.3) is 0 Å². The number of hydrogen-bond acceptors (Lipinski definition) is 5. The highest BCUT2D eigenvalue weighted by atomic mass is 16.5. The fraction of sp³-hybridized carbons (Fsp3) is 0.250. The minimum atomic E-state index is -1.25. The monoisotopic (exact) mass is 381 g/mol. The highest BCUT2D eigenvalue weighted by molar-refractivity contribution is 6.09. The third-order valence-corrected chi connectivity index (χ3v) is 4.77. The van der Waals surface area contributed by atoms with Crippen LogP contribution < -0.4 is 20.2 Å². The number of amides is 4. The Kier molecular flexibility index (Phi) is 4.38. The van der Waals surface area contributed by atoms with Gasteiger partial charge in [0.15, 0.2) is 11.5 Å². The van der Waals surface area contributed by atoms with Gasteiger partial charge in [-0.3, -0.25) is 15.0 Å². The number of nitrogens with one attached hydrogen (secondary N) is 2. The van der Waals surface area contributed by atoms with E-state index in [1.807, 2.05) is 6.07 Å². The number of hydrogen-bond donors (Lipinski definition) is 2. The molecule has 0 radical (unpaired) electrons. The number of rotatable bonds is 3. The lowest BCUT2D eigenvalue weighted by atomic mass is 9.92. The van der Waals surface area contributed by atoms with E-state index in [0.717, 1.165) is 6.42 Å². The van der Waals surface area contributed by atoms with Crippen molar-refractivity contribution in [3.63, 3.8) is 0 Å². The van der Waals surface area contributed by atoms with Gasteiger partial charge in [-0.2, -0.15) is 5.01 Å². The average molecular weight is 381 g/mol. The van der Waals surface area contributed by atoms with Crippen LogP contribution >= 0.6 is 0 Å². The lowest BCUT2D eigenvalue weighted by Gasteiger charge is -2.22. The molecule has 1 saturated heterocycles. The van der Waals surface area contributed by atoms with Crippen molar-refractivity contribution in [1.29, 1.82) is 0 Å². The Morgan fingerprint density at radius 3 is 2.54 bits per heavy atom. The van der Waals surface area contributed by atoms with Gasteiger partial charge in [0.1, 0.15) is 5.54 Å². The van der Waals surface area contributed by atoms with Crippen LogP contribution in [0, 0.1) is 0 Å². The van der Waals surface area contributed by atoms with Gasteiger partial charge in [0.05, 0.1) is 13.2 Å². The molecule has 2 aliphatic rings. The SMILES string of the molecule is CC1(c2ccccc2)NC(=O)N(NC(=O)c2ccc3c(c2)OCCCO3)C1=O. The highest BCUT2D eigenvalue weighted by Crippen LogP contribution is 2.31. The average Bonchev–Trinajstić information content (AvgIpc) is 2.87. The molecule has 0 spiro atoms. The second kappa shape index (κ2) is 6.88. The number of hydrazine groups is 1. The number of urea groups is 1. The first kappa shape index (κ1) is 17.8. The van der Waals surface area contributed by atoms with Crippen LogP contribution in [0.1, 0.15) is 29.3 Å². The zero-order valence-corrected chi connectivity index (χ0v) is 15.2. The molecule has 1 fully saturated rings. The largest absolute Gasteiger partial charge is 0.490 e. The molecule has 2 aromatic rings. The summed E-state index contributed by atoms with van der Waals surface area (Å²) in [4.78, 5) is 37.8. The van der Waals surface area contributed by atoms with Crippen LogP contribution in [0.15, 0.2) is 48.5 Å². The van der Waals surface area contributed by atoms with Crippen molar-refractivity contribution in [1.82, 2.24) is 15.8 Å². The number of fused-ring (bicyclic) bond motifs is 1. The summed E-state index contributed by atoms with van der Waals surface area (Å²) in [6, 6.07) is 12.9. The molecule has 1 atom stereocenters. The molecule has 2 aliphatic heterocycles. The van der Waals surface area contributed by atoms with E-state index in [0.29, 0.717) is 35.3 Å². The molecule has 0 bridgehead atoms. The maximum Gasteiger partial charge on any atom is 0.344 e. The predicted octanol–water partition coefficient (Wildman–Crippen LogP) is 1.96. The molecule has 28 heavy (non-hydrogen) atoms. The Morgan fingerprint density at radius 2 is 1.79 bits per heavy atom. The van der Waals surface area contributed by atoms with Gasteiger partial charge in [0.25, 0.3) is 11.8 Å². The van der Waals surface area contributed by atoms with E-state index in [9.17, 15) is 14.4 Å². The molecule has 0 aromatic heterocycles. The number of ether oxygens (including phenoxy) is 2. The molecule has 144 valence electrons. The van der Waals surface area contributed by atoms with Crippen LogP contribution in [0.5, 0.6) is 11.5 Å². The molecule has 4 rings (SSSR count). The van der Waals surface area contributed by atoms with Gasteiger partial charge in [0.2, 0.25) is 0 Å². The van der Waals surface area contributed by atoms with Gasteiger partial charge in [-0.05, 0) is 30.7 Å². The highest BCUT2D eigenvalue weighted by Gasteiger charge is 2.50. The van der Waals surface area contributed by atoms with Crippen molar-refractivity contribution in [2.45, 2.75) is 18.9 Å². The van der Waals surface area contributed by atoms with Crippen molar-refractivity contribution in [3.8, 4) is 11.5 Å². The standard InChI is InChI=1S/C20H19N3O5/c1-20(14-6-3-2-4-7-14)18(25)23(19(26)21-20)22-17(24)13-8-9-15-16(12-13)28-11-5-10-27-15/h2-4,6-9,12H,5,10-11H2,1H3,(H,21,26)(H,22,24). The first-order chi connectivity index (χ1) is 13.5. The minimum Gasteiger partial charge on any atom is -0.490 e. The summed E-state index contributed by atoms with van der Waals surface area (Å²) in [7, 11) is 0. The smallest absolute Gasteiger partial charge is 0.344 e. The molecule has 0 aliphatic carbocycles. The number of nitrogens with zero attached hydrogens (tertiary/aromatic N) is 1. The normalized spacial score (nSPS) is 21.1. The summed E-state index contributed by atoms with van der Waals surface area (Å²) in [5, 5.41) is 3.35. The Labute approximate surface area is 161 Å². The van der Waals surface area contributed by atoms with Crippen molar-refractivity contribution < 1.29 is 23.9 Å². The fourth-order valence-electron chi connectivity index (χ4n) is 3.18. The van der Waals surface area contributed by atoms with Gasteiger partial charge < -0.3 is 14.8 Å². The van der Waals surface area contributed by atoms with E-state index >= 15 is 0 Å². The lowest BCUT2D eigenvalue weighted by Crippen LogP contribution is -2.47. The minimum absolute atomic E-state index is 0.248. The predicted molar refractivity (Wildman–Crippen MR) is 98.7 cm³/mol. The van der Waals surface area contributed by atoms with E-state index in [1.165, 1.54) is 6.07 Å². The molecule has 1 unspecified atom stereocenters. The van der Waals surface area contributed by atoms with Crippen molar-refractivity contribution in [2.24, 2.45) is 0 Å². The first-order valence-corrected chi connectivity index (χ1v) is 8.92. The van der Waals surface area contributed by atoms with Crippen LogP contribution in [-0.2, 0) is 10.3 Å².